The molecule has 4 rings (SSSR count). The van der Waals surface area contributed by atoms with Crippen molar-refractivity contribution in [2.45, 2.75) is 25.4 Å². The first-order chi connectivity index (χ1) is 16.3. The third-order valence-electron chi connectivity index (χ3n) is 6.32. The van der Waals surface area contributed by atoms with E-state index in [2.05, 4.69) is 11.4 Å². The van der Waals surface area contributed by atoms with Crippen molar-refractivity contribution in [1.29, 1.82) is 5.26 Å². The number of nitriles is 1. The number of amides is 1. The third-order valence-corrected chi connectivity index (χ3v) is 6.62. The van der Waals surface area contributed by atoms with Gasteiger partial charge >= 0.3 is 0 Å². The molecular weight excluding hydrogens is 459 g/mol. The van der Waals surface area contributed by atoms with Gasteiger partial charge in [0.25, 0.3) is 5.91 Å². The Morgan fingerprint density at radius 1 is 1.35 bits per heavy atom. The monoisotopic (exact) mass is 484 g/mol. The van der Waals surface area contributed by atoms with E-state index >= 15 is 0 Å². The van der Waals surface area contributed by atoms with Gasteiger partial charge in [-0.2, -0.15) is 5.26 Å². The number of carbonyl (C=O) groups is 1. The zero-order chi connectivity index (χ0) is 24.3. The summed E-state index contributed by atoms with van der Waals surface area (Å²) >= 11 is 6.31. The topological polar surface area (TPSA) is 121 Å². The van der Waals surface area contributed by atoms with Crippen LogP contribution in [0.15, 0.2) is 48.8 Å². The highest BCUT2D eigenvalue weighted by Crippen LogP contribution is 2.39. The molecule has 2 aliphatic heterocycles. The summed E-state index contributed by atoms with van der Waals surface area (Å²) in [6.45, 7) is 1.19. The van der Waals surface area contributed by atoms with Gasteiger partial charge in [0.1, 0.15) is 11.6 Å². The average Bonchev–Trinajstić information content (AvgIpc) is 2.85. The van der Waals surface area contributed by atoms with Gasteiger partial charge in [0.2, 0.25) is 0 Å². The number of rotatable bonds is 5. The molecule has 0 spiro atoms. The van der Waals surface area contributed by atoms with Gasteiger partial charge in [0.15, 0.2) is 6.10 Å². The lowest BCUT2D eigenvalue weighted by atomic mass is 9.75. The highest BCUT2D eigenvalue weighted by Gasteiger charge is 2.39. The number of fused-ring (bicyclic) bond motifs is 1. The number of carbonyl (C=O) groups excluding carboxylic acids is 1. The van der Waals surface area contributed by atoms with Gasteiger partial charge in [0, 0.05) is 31.6 Å². The molecule has 1 unspecified atom stereocenters. The molecule has 0 radical (unpaired) electrons. The van der Waals surface area contributed by atoms with Crippen LogP contribution in [-0.4, -0.2) is 36.5 Å². The van der Waals surface area contributed by atoms with Gasteiger partial charge in [-0.25, -0.2) is 10.2 Å². The molecule has 0 bridgehead atoms. The van der Waals surface area contributed by atoms with E-state index in [0.29, 0.717) is 61.0 Å². The lowest BCUT2D eigenvalue weighted by Crippen LogP contribution is -2.51. The van der Waals surface area contributed by atoms with Crippen LogP contribution >= 0.6 is 11.6 Å². The van der Waals surface area contributed by atoms with E-state index in [9.17, 15) is 14.4 Å². The number of hydrogen-bond donors (Lipinski definition) is 3. The highest BCUT2D eigenvalue weighted by atomic mass is 35.5. The molecule has 0 aromatic heterocycles. The third kappa shape index (κ3) is 4.88. The predicted molar refractivity (Wildman–Crippen MR) is 128 cm³/mol. The molecule has 10 heteroatoms. The number of anilines is 2. The number of benzene rings is 2. The van der Waals surface area contributed by atoms with Crippen molar-refractivity contribution < 1.29 is 13.9 Å². The van der Waals surface area contributed by atoms with E-state index < -0.39 is 11.5 Å². The predicted octanol–water partition coefficient (Wildman–Crippen LogP) is 3.14. The minimum atomic E-state index is -0.718. The molecular formula is C24H26ClFN6O2. The molecule has 5 N–H and O–H groups in total. The first-order valence-electron chi connectivity index (χ1n) is 10.9. The van der Waals surface area contributed by atoms with Crippen LogP contribution in [0, 0.1) is 22.6 Å². The minimum absolute atomic E-state index is 0.144. The van der Waals surface area contributed by atoms with E-state index in [1.54, 1.807) is 29.2 Å². The average molecular weight is 485 g/mol. The number of nitrogens with zero attached hydrogens (tertiary/aromatic N) is 3. The van der Waals surface area contributed by atoms with Crippen LogP contribution in [-0.2, 0) is 11.2 Å². The summed E-state index contributed by atoms with van der Waals surface area (Å²) < 4.78 is 19.2. The molecule has 2 aliphatic rings. The number of nitrogens with one attached hydrogen (secondary N) is 1. The van der Waals surface area contributed by atoms with E-state index in [1.807, 2.05) is 0 Å². The number of hydrazine groups is 1. The van der Waals surface area contributed by atoms with Gasteiger partial charge in [-0.05, 0) is 43.0 Å². The van der Waals surface area contributed by atoms with E-state index in [0.717, 1.165) is 5.56 Å². The summed E-state index contributed by atoms with van der Waals surface area (Å²) in [5, 5.41) is 14.7. The van der Waals surface area contributed by atoms with Crippen LogP contribution in [0.5, 0.6) is 5.75 Å². The second-order valence-corrected chi connectivity index (χ2v) is 8.96. The Labute approximate surface area is 202 Å². The normalized spacial score (nSPS) is 19.0. The fourth-order valence-corrected chi connectivity index (χ4v) is 4.63. The number of halogens is 2. The van der Waals surface area contributed by atoms with Gasteiger partial charge in [0.05, 0.1) is 34.4 Å². The molecule has 2 aromatic rings. The zero-order valence-corrected chi connectivity index (χ0v) is 19.3. The maximum absolute atomic E-state index is 13.2. The number of nitrogens with two attached hydrogens (primary N) is 2. The van der Waals surface area contributed by atoms with Crippen LogP contribution < -0.4 is 26.6 Å². The second kappa shape index (κ2) is 9.79. The molecule has 34 heavy (non-hydrogen) atoms. The molecule has 1 saturated heterocycles. The van der Waals surface area contributed by atoms with Gasteiger partial charge in [-0.1, -0.05) is 23.7 Å². The van der Waals surface area contributed by atoms with Crippen LogP contribution in [0.2, 0.25) is 5.02 Å². The lowest BCUT2D eigenvalue weighted by molar-refractivity contribution is -0.140. The Bertz CT molecular complexity index is 1130. The SMILES string of the molecule is N#CC1(Cc2ccc(F)cc2)CCN(C(=O)C2CNc3cc(Cl)c(N(N)/C=C\N)cc3O2)CC1. The zero-order valence-electron chi connectivity index (χ0n) is 18.5. The van der Waals surface area contributed by atoms with Gasteiger partial charge in [-0.15, -0.1) is 0 Å². The summed E-state index contributed by atoms with van der Waals surface area (Å²) in [7, 11) is 0. The molecule has 2 aromatic carbocycles. The van der Waals surface area contributed by atoms with Crippen molar-refractivity contribution in [1.82, 2.24) is 4.90 Å². The fraction of sp³-hybridized carbons (Fsp3) is 0.333. The maximum Gasteiger partial charge on any atom is 0.265 e. The molecule has 8 nitrogen and oxygen atoms in total. The van der Waals surface area contributed by atoms with Crippen molar-refractivity contribution in [3.63, 3.8) is 0 Å². The van der Waals surface area contributed by atoms with Crippen molar-refractivity contribution >= 4 is 28.9 Å². The molecule has 1 atom stereocenters. The van der Waals surface area contributed by atoms with Crippen molar-refractivity contribution in [3.05, 3.63) is 65.2 Å². The molecule has 0 saturated carbocycles. The summed E-state index contributed by atoms with van der Waals surface area (Å²) in [5.74, 6) is 5.95. The Morgan fingerprint density at radius 3 is 2.71 bits per heavy atom. The Morgan fingerprint density at radius 2 is 2.06 bits per heavy atom. The van der Waals surface area contributed by atoms with Crippen LogP contribution in [0.3, 0.4) is 0 Å². The minimum Gasteiger partial charge on any atom is -0.476 e. The number of piperidine rings is 1. The number of hydrogen-bond acceptors (Lipinski definition) is 7. The lowest BCUT2D eigenvalue weighted by Gasteiger charge is -2.39. The largest absolute Gasteiger partial charge is 0.476 e. The van der Waals surface area contributed by atoms with Crippen LogP contribution in [0.1, 0.15) is 18.4 Å². The summed E-state index contributed by atoms with van der Waals surface area (Å²) in [5.41, 5.74) is 6.88. The summed E-state index contributed by atoms with van der Waals surface area (Å²) in [6, 6.07) is 12.0. The highest BCUT2D eigenvalue weighted by molar-refractivity contribution is 6.33. The second-order valence-electron chi connectivity index (χ2n) is 8.56. The molecule has 178 valence electrons. The molecule has 0 aliphatic carbocycles. The number of likely N-dealkylation sites (tertiary alicyclic amines) is 1. The van der Waals surface area contributed by atoms with E-state index in [-0.39, 0.29) is 11.7 Å². The Balaban J connectivity index is 1.41. The smallest absolute Gasteiger partial charge is 0.265 e. The Hall–Kier alpha value is -3.48. The molecule has 1 fully saturated rings. The standard InChI is InChI=1S/C24H26ClFN6O2/c25-18-11-19-21(12-20(18)32(29)10-7-27)34-22(14-30-19)23(33)31-8-5-24(15-28,6-9-31)13-16-1-3-17(26)4-2-16/h1-4,7,10-12,22,30H,5-6,8-9,13-14,27,29H2/b10-7-. The van der Waals surface area contributed by atoms with Gasteiger partial charge < -0.3 is 20.7 Å². The maximum atomic E-state index is 13.2. The van der Waals surface area contributed by atoms with Crippen molar-refractivity contribution in [2.24, 2.45) is 17.0 Å². The first kappa shape index (κ1) is 23.7. The van der Waals surface area contributed by atoms with Crippen LogP contribution in [0.4, 0.5) is 15.8 Å². The summed E-state index contributed by atoms with van der Waals surface area (Å²) in [6.07, 6.45) is 3.62. The number of ether oxygens (including phenoxy) is 1. The van der Waals surface area contributed by atoms with Crippen molar-refractivity contribution in [3.8, 4) is 11.8 Å². The molecule has 2 heterocycles. The van der Waals surface area contributed by atoms with E-state index in [1.165, 1.54) is 29.5 Å². The van der Waals surface area contributed by atoms with Gasteiger partial charge in [-0.3, -0.25) is 9.80 Å². The van der Waals surface area contributed by atoms with Crippen molar-refractivity contribution in [2.75, 3.05) is 30.0 Å². The summed E-state index contributed by atoms with van der Waals surface area (Å²) in [4.78, 5) is 14.9. The van der Waals surface area contributed by atoms with E-state index in [4.69, 9.17) is 27.9 Å². The molecule has 1 amide bonds. The quantitative estimate of drug-likeness (QED) is 0.440. The first-order valence-corrected chi connectivity index (χ1v) is 11.3. The Kier molecular flexibility index (Phi) is 6.82. The van der Waals surface area contributed by atoms with Crippen LogP contribution in [0.25, 0.3) is 0 Å². The fourth-order valence-electron chi connectivity index (χ4n) is 4.36.